The SMILES string of the molecule is CC[C@@H](C)NC(=O)[C@H](C)N(Cc1cccc(Cl)c1)C(=O)CSCc1ccccc1Cl. The number of nitrogens with one attached hydrogen (secondary N) is 1. The average molecular weight is 467 g/mol. The van der Waals surface area contributed by atoms with Crippen LogP contribution in [0.2, 0.25) is 10.0 Å². The van der Waals surface area contributed by atoms with E-state index in [1.807, 2.05) is 56.3 Å². The van der Waals surface area contributed by atoms with Crippen molar-refractivity contribution in [1.29, 1.82) is 0 Å². The molecule has 0 aromatic heterocycles. The third-order valence-electron chi connectivity index (χ3n) is 4.85. The molecule has 0 heterocycles. The number of carbonyl (C=O) groups is 2. The molecule has 0 bridgehead atoms. The van der Waals surface area contributed by atoms with Crippen LogP contribution in [-0.4, -0.2) is 34.6 Å². The predicted octanol–water partition coefficient (Wildman–Crippen LogP) is 5.56. The number of carbonyl (C=O) groups excluding carboxylic acids is 2. The Hall–Kier alpha value is -1.69. The fraction of sp³-hybridized carbons (Fsp3) is 0.391. The summed E-state index contributed by atoms with van der Waals surface area (Å²) in [5.74, 6) is 0.631. The Bertz CT molecular complexity index is 863. The van der Waals surface area contributed by atoms with Crippen molar-refractivity contribution in [1.82, 2.24) is 10.2 Å². The van der Waals surface area contributed by atoms with E-state index in [4.69, 9.17) is 23.2 Å². The molecule has 162 valence electrons. The molecule has 7 heteroatoms. The molecule has 0 radical (unpaired) electrons. The topological polar surface area (TPSA) is 49.4 Å². The first-order valence-electron chi connectivity index (χ1n) is 9.97. The maximum Gasteiger partial charge on any atom is 0.242 e. The van der Waals surface area contributed by atoms with Crippen molar-refractivity contribution in [2.75, 3.05) is 5.75 Å². The quantitative estimate of drug-likeness (QED) is 0.498. The van der Waals surface area contributed by atoms with Crippen LogP contribution < -0.4 is 5.32 Å². The van der Waals surface area contributed by atoms with Crippen molar-refractivity contribution >= 4 is 46.8 Å². The summed E-state index contributed by atoms with van der Waals surface area (Å²) in [6.45, 7) is 6.04. The number of rotatable bonds is 10. The van der Waals surface area contributed by atoms with Crippen LogP contribution in [0, 0.1) is 0 Å². The van der Waals surface area contributed by atoms with E-state index < -0.39 is 6.04 Å². The highest BCUT2D eigenvalue weighted by Crippen LogP contribution is 2.22. The van der Waals surface area contributed by atoms with E-state index in [1.165, 1.54) is 11.8 Å². The van der Waals surface area contributed by atoms with E-state index in [2.05, 4.69) is 5.32 Å². The number of benzene rings is 2. The third-order valence-corrected chi connectivity index (χ3v) is 6.42. The summed E-state index contributed by atoms with van der Waals surface area (Å²) in [4.78, 5) is 27.4. The Morgan fingerprint density at radius 2 is 1.83 bits per heavy atom. The lowest BCUT2D eigenvalue weighted by molar-refractivity contribution is -0.138. The maximum atomic E-state index is 13.1. The van der Waals surface area contributed by atoms with E-state index in [1.54, 1.807) is 17.9 Å². The van der Waals surface area contributed by atoms with E-state index in [9.17, 15) is 9.59 Å². The van der Waals surface area contributed by atoms with Crippen molar-refractivity contribution in [2.24, 2.45) is 0 Å². The molecule has 30 heavy (non-hydrogen) atoms. The van der Waals surface area contributed by atoms with Gasteiger partial charge in [0.1, 0.15) is 6.04 Å². The summed E-state index contributed by atoms with van der Waals surface area (Å²) < 4.78 is 0. The minimum Gasteiger partial charge on any atom is -0.352 e. The van der Waals surface area contributed by atoms with E-state index in [0.29, 0.717) is 22.3 Å². The number of hydrogen-bond acceptors (Lipinski definition) is 3. The van der Waals surface area contributed by atoms with Crippen LogP contribution in [0.5, 0.6) is 0 Å². The maximum absolute atomic E-state index is 13.1. The van der Waals surface area contributed by atoms with Gasteiger partial charge in [-0.25, -0.2) is 0 Å². The van der Waals surface area contributed by atoms with Crippen LogP contribution >= 0.6 is 35.0 Å². The molecule has 4 nitrogen and oxygen atoms in total. The van der Waals surface area contributed by atoms with Crippen LogP contribution in [-0.2, 0) is 21.9 Å². The molecule has 0 saturated heterocycles. The zero-order valence-corrected chi connectivity index (χ0v) is 19.9. The Kier molecular flexibility index (Phi) is 10.0. The van der Waals surface area contributed by atoms with Gasteiger partial charge in [0, 0.05) is 28.4 Å². The van der Waals surface area contributed by atoms with Crippen molar-refractivity contribution in [3.63, 3.8) is 0 Å². The van der Waals surface area contributed by atoms with Gasteiger partial charge in [0.15, 0.2) is 0 Å². The van der Waals surface area contributed by atoms with E-state index in [0.717, 1.165) is 17.5 Å². The van der Waals surface area contributed by atoms with Gasteiger partial charge in [-0.05, 0) is 49.6 Å². The van der Waals surface area contributed by atoms with Crippen molar-refractivity contribution in [3.8, 4) is 0 Å². The zero-order chi connectivity index (χ0) is 22.1. The van der Waals surface area contributed by atoms with Crippen molar-refractivity contribution < 1.29 is 9.59 Å². The fourth-order valence-corrected chi connectivity index (χ4v) is 4.24. The normalized spacial score (nSPS) is 12.8. The first-order chi connectivity index (χ1) is 14.3. The van der Waals surface area contributed by atoms with E-state index >= 15 is 0 Å². The van der Waals surface area contributed by atoms with E-state index in [-0.39, 0.29) is 23.6 Å². The minimum atomic E-state index is -0.591. The monoisotopic (exact) mass is 466 g/mol. The van der Waals surface area contributed by atoms with Crippen LogP contribution in [0.1, 0.15) is 38.3 Å². The highest BCUT2D eigenvalue weighted by atomic mass is 35.5. The Labute approximate surface area is 193 Å². The molecule has 2 aromatic carbocycles. The van der Waals surface area contributed by atoms with Crippen molar-refractivity contribution in [3.05, 3.63) is 69.7 Å². The van der Waals surface area contributed by atoms with Crippen LogP contribution in [0.15, 0.2) is 48.5 Å². The largest absolute Gasteiger partial charge is 0.352 e. The smallest absolute Gasteiger partial charge is 0.242 e. The molecule has 0 aliphatic carbocycles. The van der Waals surface area contributed by atoms with Crippen LogP contribution in [0.3, 0.4) is 0 Å². The number of amides is 2. The Morgan fingerprint density at radius 1 is 1.10 bits per heavy atom. The van der Waals surface area contributed by atoms with Gasteiger partial charge in [-0.15, -0.1) is 11.8 Å². The van der Waals surface area contributed by atoms with Gasteiger partial charge in [0.05, 0.1) is 5.75 Å². The summed E-state index contributed by atoms with van der Waals surface area (Å²) in [5, 5.41) is 4.26. The highest BCUT2D eigenvalue weighted by Gasteiger charge is 2.26. The Balaban J connectivity index is 2.09. The molecule has 2 atom stereocenters. The fourth-order valence-electron chi connectivity index (χ4n) is 2.83. The first-order valence-corrected chi connectivity index (χ1v) is 11.9. The molecule has 0 fully saturated rings. The number of nitrogens with zero attached hydrogens (tertiary/aromatic N) is 1. The number of halogens is 2. The number of hydrogen-bond donors (Lipinski definition) is 1. The molecule has 0 unspecified atom stereocenters. The lowest BCUT2D eigenvalue weighted by Gasteiger charge is -2.29. The van der Waals surface area contributed by atoms with Gasteiger partial charge in [-0.3, -0.25) is 9.59 Å². The molecular weight excluding hydrogens is 439 g/mol. The van der Waals surface area contributed by atoms with Gasteiger partial charge in [0.2, 0.25) is 11.8 Å². The zero-order valence-electron chi connectivity index (χ0n) is 17.5. The van der Waals surface area contributed by atoms with Crippen molar-refractivity contribution in [2.45, 2.75) is 51.6 Å². The first kappa shape index (κ1) is 24.6. The second-order valence-electron chi connectivity index (χ2n) is 7.23. The average Bonchev–Trinajstić information content (AvgIpc) is 2.72. The number of thioether (sulfide) groups is 1. The summed E-state index contributed by atoms with van der Waals surface area (Å²) in [7, 11) is 0. The summed E-state index contributed by atoms with van der Waals surface area (Å²) >= 11 is 13.8. The molecular formula is C23H28Cl2N2O2S. The molecule has 0 saturated carbocycles. The minimum absolute atomic E-state index is 0.0534. The molecule has 2 rings (SSSR count). The van der Waals surface area contributed by atoms with Crippen LogP contribution in [0.25, 0.3) is 0 Å². The van der Waals surface area contributed by atoms with Gasteiger partial charge in [-0.2, -0.15) is 0 Å². The molecule has 0 aliphatic rings. The molecule has 1 N–H and O–H groups in total. The molecule has 2 aromatic rings. The van der Waals surface area contributed by atoms with Gasteiger partial charge >= 0.3 is 0 Å². The predicted molar refractivity (Wildman–Crippen MR) is 127 cm³/mol. The summed E-state index contributed by atoms with van der Waals surface area (Å²) in [5.41, 5.74) is 1.87. The lowest BCUT2D eigenvalue weighted by atomic mass is 10.1. The Morgan fingerprint density at radius 3 is 2.50 bits per heavy atom. The van der Waals surface area contributed by atoms with Gasteiger partial charge in [-0.1, -0.05) is 60.5 Å². The summed E-state index contributed by atoms with van der Waals surface area (Å²) in [6, 6.07) is 14.4. The van der Waals surface area contributed by atoms with Gasteiger partial charge in [0.25, 0.3) is 0 Å². The molecule has 0 aliphatic heterocycles. The standard InChI is InChI=1S/C23H28Cl2N2O2S/c1-4-16(2)26-23(29)17(3)27(13-18-8-7-10-20(24)12-18)22(28)15-30-14-19-9-5-6-11-21(19)25/h5-12,16-17H,4,13-15H2,1-3H3,(H,26,29)/t16-,17+/m1/s1. The second-order valence-corrected chi connectivity index (χ2v) is 9.06. The molecule has 0 spiro atoms. The third kappa shape index (κ3) is 7.53. The highest BCUT2D eigenvalue weighted by molar-refractivity contribution is 7.99. The van der Waals surface area contributed by atoms with Gasteiger partial charge < -0.3 is 10.2 Å². The van der Waals surface area contributed by atoms with Crippen LogP contribution in [0.4, 0.5) is 0 Å². The lowest BCUT2D eigenvalue weighted by Crippen LogP contribution is -2.50. The summed E-state index contributed by atoms with van der Waals surface area (Å²) in [6.07, 6.45) is 0.828. The molecule has 2 amide bonds. The second kappa shape index (κ2) is 12.2.